The fourth-order valence-electron chi connectivity index (χ4n) is 3.49. The van der Waals surface area contributed by atoms with Crippen LogP contribution in [0.1, 0.15) is 24.2 Å². The summed E-state index contributed by atoms with van der Waals surface area (Å²) in [5, 5.41) is 8.33. The van der Waals surface area contributed by atoms with Gasteiger partial charge in [0.15, 0.2) is 23.6 Å². The van der Waals surface area contributed by atoms with E-state index in [0.29, 0.717) is 36.3 Å². The van der Waals surface area contributed by atoms with Crippen molar-refractivity contribution in [1.29, 1.82) is 0 Å². The summed E-state index contributed by atoms with van der Waals surface area (Å²) in [6, 6.07) is 1.59. The van der Waals surface area contributed by atoms with Crippen LogP contribution in [-0.2, 0) is 11.8 Å². The highest BCUT2D eigenvalue weighted by atomic mass is 19.1. The molecule has 0 aliphatic carbocycles. The first kappa shape index (κ1) is 16.6. The number of benzene rings is 1. The molecule has 2 aromatic heterocycles. The molecule has 2 unspecified atom stereocenters. The predicted octanol–water partition coefficient (Wildman–Crippen LogP) is 2.19. The molecule has 8 nitrogen and oxygen atoms in total. The third-order valence-electron chi connectivity index (χ3n) is 4.49. The van der Waals surface area contributed by atoms with Crippen LogP contribution in [0.25, 0.3) is 22.5 Å². The lowest BCUT2D eigenvalue weighted by Gasteiger charge is -2.37. The number of halogens is 1. The summed E-state index contributed by atoms with van der Waals surface area (Å²) in [4.78, 5) is 17.6. The average molecular weight is 359 g/mol. The molecule has 1 aliphatic heterocycles. The molecule has 1 saturated heterocycles. The van der Waals surface area contributed by atoms with Crippen LogP contribution < -0.4 is 4.90 Å². The lowest BCUT2D eigenvalue weighted by molar-refractivity contribution is -0.00543. The summed E-state index contributed by atoms with van der Waals surface area (Å²) in [7, 11) is 1.70. The molecule has 9 heteroatoms. The van der Waals surface area contributed by atoms with Crippen LogP contribution >= 0.6 is 0 Å². The molecule has 0 amide bonds. The van der Waals surface area contributed by atoms with E-state index < -0.39 is 5.82 Å². The fraction of sp³-hybridized carbons (Fsp3) is 0.412. The molecule has 1 fully saturated rings. The van der Waals surface area contributed by atoms with Gasteiger partial charge in [-0.15, -0.1) is 0 Å². The van der Waals surface area contributed by atoms with Crippen molar-refractivity contribution in [2.75, 3.05) is 18.0 Å². The third-order valence-corrected chi connectivity index (χ3v) is 4.49. The molecule has 2 atom stereocenters. The van der Waals surface area contributed by atoms with E-state index >= 15 is 4.39 Å². The van der Waals surface area contributed by atoms with Crippen LogP contribution in [-0.4, -0.2) is 51.5 Å². The highest BCUT2D eigenvalue weighted by Gasteiger charge is 2.29. The van der Waals surface area contributed by atoms with Gasteiger partial charge < -0.3 is 14.2 Å². The van der Waals surface area contributed by atoms with Gasteiger partial charge in [-0.25, -0.2) is 14.1 Å². The predicted molar refractivity (Wildman–Crippen MR) is 91.6 cm³/mol. The third kappa shape index (κ3) is 2.55. The highest BCUT2D eigenvalue weighted by molar-refractivity contribution is 5.99. The Kier molecular flexibility index (Phi) is 3.95. The van der Waals surface area contributed by atoms with Crippen molar-refractivity contribution < 1.29 is 18.4 Å². The van der Waals surface area contributed by atoms with Gasteiger partial charge in [-0.1, -0.05) is 5.16 Å². The van der Waals surface area contributed by atoms with Gasteiger partial charge >= 0.3 is 0 Å². The van der Waals surface area contributed by atoms with E-state index in [0.717, 1.165) is 0 Å². The molecule has 0 radical (unpaired) electrons. The van der Waals surface area contributed by atoms with E-state index in [1.165, 1.54) is 11.0 Å². The van der Waals surface area contributed by atoms with E-state index in [1.807, 2.05) is 18.7 Å². The van der Waals surface area contributed by atoms with E-state index in [2.05, 4.69) is 15.2 Å². The van der Waals surface area contributed by atoms with Crippen LogP contribution in [0, 0.1) is 5.82 Å². The van der Waals surface area contributed by atoms with Crippen molar-refractivity contribution >= 4 is 22.9 Å². The minimum Gasteiger partial charge on any atom is -0.372 e. The molecule has 3 aromatic rings. The summed E-state index contributed by atoms with van der Waals surface area (Å²) >= 11 is 0. The number of carbonyl (C=O) groups excluding carboxylic acids is 1. The van der Waals surface area contributed by atoms with Crippen molar-refractivity contribution in [3.05, 3.63) is 23.8 Å². The maximum atomic E-state index is 15.3. The van der Waals surface area contributed by atoms with E-state index in [4.69, 9.17) is 9.26 Å². The van der Waals surface area contributed by atoms with Crippen molar-refractivity contribution in [3.63, 3.8) is 0 Å². The molecule has 4 rings (SSSR count). The number of nitrogens with zero attached hydrogens (tertiary/aromatic N) is 5. The van der Waals surface area contributed by atoms with E-state index in [9.17, 15) is 4.79 Å². The number of aldehydes is 1. The first-order valence-electron chi connectivity index (χ1n) is 8.31. The molecule has 0 N–H and O–H groups in total. The van der Waals surface area contributed by atoms with Crippen molar-refractivity contribution in [2.24, 2.45) is 7.05 Å². The first-order valence-corrected chi connectivity index (χ1v) is 8.31. The maximum Gasteiger partial charge on any atom is 0.205 e. The molecule has 0 spiro atoms. The number of morpholine rings is 1. The minimum atomic E-state index is -0.605. The first-order chi connectivity index (χ1) is 12.5. The normalized spacial score (nSPS) is 20.7. The van der Waals surface area contributed by atoms with Crippen LogP contribution in [0.3, 0.4) is 0 Å². The lowest BCUT2D eigenvalue weighted by atomic mass is 10.1. The number of aryl methyl sites for hydroxylation is 1. The number of fused-ring (bicyclic) bond motifs is 1. The Bertz CT molecular complexity index is 972. The zero-order valence-corrected chi connectivity index (χ0v) is 14.6. The van der Waals surface area contributed by atoms with Crippen LogP contribution in [0.2, 0.25) is 0 Å². The van der Waals surface area contributed by atoms with Crippen molar-refractivity contribution in [2.45, 2.75) is 26.1 Å². The maximum absolute atomic E-state index is 15.3. The second-order valence-electron chi connectivity index (χ2n) is 6.52. The molecule has 3 heterocycles. The second-order valence-corrected chi connectivity index (χ2v) is 6.52. The van der Waals surface area contributed by atoms with Crippen LogP contribution in [0.15, 0.2) is 16.9 Å². The van der Waals surface area contributed by atoms with Gasteiger partial charge in [0, 0.05) is 25.7 Å². The zero-order chi connectivity index (χ0) is 18.4. The molecule has 1 aliphatic rings. The Labute approximate surface area is 148 Å². The standard InChI is InChI=1S/C17H18FN5O3/c1-9-5-23(6-10(2)25-9)15-11(7-24)4-12-14(17-19-8-20-22(17)3)21-26-16(12)13(15)18/h4,7-10H,5-6H2,1-3H3. The van der Waals surface area contributed by atoms with Gasteiger partial charge in [0.25, 0.3) is 0 Å². The molecule has 136 valence electrons. The Morgan fingerprint density at radius 1 is 1.31 bits per heavy atom. The van der Waals surface area contributed by atoms with Gasteiger partial charge in [-0.3, -0.25) is 4.79 Å². The second kappa shape index (κ2) is 6.17. The summed E-state index contributed by atoms with van der Waals surface area (Å²) in [5.74, 6) is -0.173. The quantitative estimate of drug-likeness (QED) is 0.663. The molecule has 1 aromatic carbocycles. The number of hydrogen-bond acceptors (Lipinski definition) is 7. The summed E-state index contributed by atoms with van der Waals surface area (Å²) < 4.78 is 27.8. The lowest BCUT2D eigenvalue weighted by Crippen LogP contribution is -2.46. The number of aromatic nitrogens is 4. The highest BCUT2D eigenvalue weighted by Crippen LogP contribution is 2.36. The minimum absolute atomic E-state index is 0.00426. The molecule has 26 heavy (non-hydrogen) atoms. The van der Waals surface area contributed by atoms with Gasteiger partial charge in [0.1, 0.15) is 6.33 Å². The number of anilines is 1. The summed E-state index contributed by atoms with van der Waals surface area (Å²) in [6.45, 7) is 4.80. The van der Waals surface area contributed by atoms with Crippen molar-refractivity contribution in [3.8, 4) is 11.5 Å². The van der Waals surface area contributed by atoms with Gasteiger partial charge in [0.05, 0.1) is 23.3 Å². The molecule has 0 bridgehead atoms. The molecular formula is C17H18FN5O3. The number of hydrogen-bond donors (Lipinski definition) is 0. The zero-order valence-electron chi connectivity index (χ0n) is 14.6. The molecular weight excluding hydrogens is 341 g/mol. The Hall–Kier alpha value is -2.81. The number of carbonyl (C=O) groups is 1. The monoisotopic (exact) mass is 359 g/mol. The Morgan fingerprint density at radius 3 is 2.65 bits per heavy atom. The number of rotatable bonds is 3. The van der Waals surface area contributed by atoms with Gasteiger partial charge in [0.2, 0.25) is 5.58 Å². The van der Waals surface area contributed by atoms with Crippen molar-refractivity contribution in [1.82, 2.24) is 19.9 Å². The Morgan fingerprint density at radius 2 is 2.04 bits per heavy atom. The molecule has 0 saturated carbocycles. The topological polar surface area (TPSA) is 86.3 Å². The largest absolute Gasteiger partial charge is 0.372 e. The van der Waals surface area contributed by atoms with E-state index in [1.54, 1.807) is 13.1 Å². The smallest absolute Gasteiger partial charge is 0.205 e. The summed E-state index contributed by atoms with van der Waals surface area (Å²) in [6.07, 6.45) is 1.88. The number of ether oxygens (including phenoxy) is 1. The van der Waals surface area contributed by atoms with Crippen LogP contribution in [0.5, 0.6) is 0 Å². The van der Waals surface area contributed by atoms with Gasteiger partial charge in [-0.05, 0) is 19.9 Å². The average Bonchev–Trinajstić information content (AvgIpc) is 3.19. The SMILES string of the molecule is CC1CN(c2c(C=O)cc3c(-c4ncnn4C)noc3c2F)CC(C)O1. The van der Waals surface area contributed by atoms with E-state index in [-0.39, 0.29) is 29.0 Å². The fourth-order valence-corrected chi connectivity index (χ4v) is 3.49. The summed E-state index contributed by atoms with van der Waals surface area (Å²) in [5.41, 5.74) is 0.797. The Balaban J connectivity index is 1.89. The van der Waals surface area contributed by atoms with Crippen LogP contribution in [0.4, 0.5) is 10.1 Å². The van der Waals surface area contributed by atoms with Gasteiger partial charge in [-0.2, -0.15) is 5.10 Å².